The van der Waals surface area contributed by atoms with Crippen molar-refractivity contribution >= 4 is 0 Å². The van der Waals surface area contributed by atoms with E-state index in [0.29, 0.717) is 11.6 Å². The minimum atomic E-state index is -0.206. The van der Waals surface area contributed by atoms with Crippen LogP contribution in [-0.4, -0.2) is 15.0 Å². The van der Waals surface area contributed by atoms with Crippen LogP contribution in [0.4, 0.5) is 0 Å². The number of aryl methyl sites for hydroxylation is 1. The monoisotopic (exact) mass is 673 g/mol. The first kappa shape index (κ1) is 32.3. The van der Waals surface area contributed by atoms with Crippen LogP contribution in [0.25, 0.3) is 67.5 Å². The Hall–Kier alpha value is -5.67. The van der Waals surface area contributed by atoms with Crippen LogP contribution in [0.15, 0.2) is 140 Å². The van der Waals surface area contributed by atoms with Crippen molar-refractivity contribution in [2.45, 2.75) is 58.8 Å². The minimum absolute atomic E-state index is 0.0388. The highest BCUT2D eigenvalue weighted by molar-refractivity contribution is 5.95. The molecule has 2 aliphatic rings. The molecule has 0 fully saturated rings. The van der Waals surface area contributed by atoms with Gasteiger partial charge in [-0.25, -0.2) is 15.0 Å². The summed E-state index contributed by atoms with van der Waals surface area (Å²) in [7, 11) is 0. The molecule has 0 amide bonds. The number of rotatable bonds is 4. The highest BCUT2D eigenvalue weighted by Crippen LogP contribution is 2.61. The molecule has 52 heavy (non-hydrogen) atoms. The molecule has 3 nitrogen and oxygen atoms in total. The summed E-state index contributed by atoms with van der Waals surface area (Å²) < 4.78 is 0. The quantitative estimate of drug-likeness (QED) is 0.187. The Kier molecular flexibility index (Phi) is 7.77. The Morgan fingerprint density at radius 1 is 0.481 bits per heavy atom. The van der Waals surface area contributed by atoms with Crippen molar-refractivity contribution in [2.24, 2.45) is 5.41 Å². The topological polar surface area (TPSA) is 38.7 Å². The fraction of sp³-hybridized carbons (Fsp3) is 0.204. The summed E-state index contributed by atoms with van der Waals surface area (Å²) in [5, 5.41) is 0. The van der Waals surface area contributed by atoms with Crippen LogP contribution in [0.1, 0.15) is 62.8 Å². The van der Waals surface area contributed by atoms with Gasteiger partial charge in [0.25, 0.3) is 0 Å². The van der Waals surface area contributed by atoms with Crippen LogP contribution < -0.4 is 0 Å². The fourth-order valence-electron chi connectivity index (χ4n) is 8.76. The van der Waals surface area contributed by atoms with Gasteiger partial charge in [0, 0.05) is 22.1 Å². The maximum absolute atomic E-state index is 5.45. The van der Waals surface area contributed by atoms with Crippen molar-refractivity contribution in [2.75, 3.05) is 0 Å². The molecule has 0 bridgehead atoms. The van der Waals surface area contributed by atoms with E-state index >= 15 is 0 Å². The normalized spacial score (nSPS) is 16.2. The molecule has 1 aromatic heterocycles. The summed E-state index contributed by atoms with van der Waals surface area (Å²) >= 11 is 0. The summed E-state index contributed by atoms with van der Waals surface area (Å²) in [6.07, 6.45) is 4.29. The fourth-order valence-corrected chi connectivity index (χ4v) is 8.76. The molecule has 0 saturated heterocycles. The van der Waals surface area contributed by atoms with Gasteiger partial charge in [-0.3, -0.25) is 0 Å². The Morgan fingerprint density at radius 2 is 1.02 bits per heavy atom. The van der Waals surface area contributed by atoms with Crippen molar-refractivity contribution in [3.8, 4) is 67.5 Å². The van der Waals surface area contributed by atoms with E-state index in [-0.39, 0.29) is 10.8 Å². The molecule has 2 aliphatic carbocycles. The van der Waals surface area contributed by atoms with Crippen molar-refractivity contribution in [1.82, 2.24) is 15.0 Å². The van der Waals surface area contributed by atoms with Gasteiger partial charge in [-0.1, -0.05) is 161 Å². The summed E-state index contributed by atoms with van der Waals surface area (Å²) in [6.45, 7) is 9.70. The molecule has 0 radical (unpaired) electrons. The zero-order chi connectivity index (χ0) is 35.5. The number of fused-ring (bicyclic) bond motifs is 7. The Morgan fingerprint density at radius 3 is 1.73 bits per heavy atom. The summed E-state index contributed by atoms with van der Waals surface area (Å²) in [6, 6.07) is 50.0. The van der Waals surface area contributed by atoms with Gasteiger partial charge in [0.1, 0.15) is 0 Å². The Bertz CT molecular complexity index is 2460. The lowest BCUT2D eigenvalue weighted by Gasteiger charge is -2.42. The molecule has 1 atom stereocenters. The standard InChI is InChI=1S/C49H43N3/c1-48(2,3)49(4)42-30-18-17-27-37(42)40-31-41(38-28-14-12-22-33-21-11-13-26-36(33)43(38)44(40)49)47-51-45(34-23-9-6-10-24-34)50-46(52-47)39-29-16-15-25-35(39)32-19-7-5-8-20-32/h5-11,13,15-21,23-27,29-31H,12,14,22,28H2,1-4H3. The van der Waals surface area contributed by atoms with Crippen LogP contribution in [0.3, 0.4) is 0 Å². The lowest BCUT2D eigenvalue weighted by atomic mass is 9.60. The first-order valence-corrected chi connectivity index (χ1v) is 18.7. The first-order chi connectivity index (χ1) is 25.3. The molecular weight excluding hydrogens is 631 g/mol. The van der Waals surface area contributed by atoms with Crippen LogP contribution in [0.5, 0.6) is 0 Å². The number of benzene rings is 6. The van der Waals surface area contributed by atoms with Gasteiger partial charge in [0.2, 0.25) is 0 Å². The highest BCUT2D eigenvalue weighted by atomic mass is 15.0. The second-order valence-electron chi connectivity index (χ2n) is 15.6. The second-order valence-corrected chi connectivity index (χ2v) is 15.6. The van der Waals surface area contributed by atoms with Gasteiger partial charge in [-0.05, 0) is 92.8 Å². The molecule has 9 rings (SSSR count). The third kappa shape index (κ3) is 5.13. The molecule has 7 aromatic rings. The molecule has 6 aromatic carbocycles. The predicted octanol–water partition coefficient (Wildman–Crippen LogP) is 12.4. The number of hydrogen-bond acceptors (Lipinski definition) is 3. The molecule has 1 heterocycles. The molecule has 0 aliphatic heterocycles. The third-order valence-corrected chi connectivity index (χ3v) is 11.8. The zero-order valence-corrected chi connectivity index (χ0v) is 30.4. The van der Waals surface area contributed by atoms with Gasteiger partial charge in [0.05, 0.1) is 0 Å². The summed E-state index contributed by atoms with van der Waals surface area (Å²) in [5.74, 6) is 2.10. The van der Waals surface area contributed by atoms with Crippen LogP contribution in [0.2, 0.25) is 0 Å². The predicted molar refractivity (Wildman–Crippen MR) is 215 cm³/mol. The van der Waals surface area contributed by atoms with E-state index in [9.17, 15) is 0 Å². The maximum Gasteiger partial charge on any atom is 0.164 e. The molecular formula is C49H43N3. The van der Waals surface area contributed by atoms with Gasteiger partial charge in [0.15, 0.2) is 17.5 Å². The zero-order valence-electron chi connectivity index (χ0n) is 30.4. The van der Waals surface area contributed by atoms with Crippen LogP contribution in [0, 0.1) is 5.41 Å². The average molecular weight is 674 g/mol. The second kappa shape index (κ2) is 12.5. The van der Waals surface area contributed by atoms with Crippen molar-refractivity contribution < 1.29 is 0 Å². The maximum atomic E-state index is 5.45. The summed E-state index contributed by atoms with van der Waals surface area (Å²) in [4.78, 5) is 16.0. The summed E-state index contributed by atoms with van der Waals surface area (Å²) in [5.41, 5.74) is 16.0. The molecule has 0 N–H and O–H groups in total. The SMILES string of the molecule is CC(C)(C)C1(C)c2ccccc2-c2cc(-c3nc(-c4ccccc4)nc(-c4ccccc4-c4ccccc4)n3)c3c(c21)-c1ccccc1CCCC3. The average Bonchev–Trinajstić information content (AvgIpc) is 3.44. The van der Waals surface area contributed by atoms with E-state index in [1.807, 2.05) is 6.07 Å². The molecule has 3 heteroatoms. The van der Waals surface area contributed by atoms with E-state index in [1.165, 1.54) is 44.5 Å². The van der Waals surface area contributed by atoms with Crippen molar-refractivity contribution in [1.29, 1.82) is 0 Å². The third-order valence-electron chi connectivity index (χ3n) is 11.8. The van der Waals surface area contributed by atoms with Gasteiger partial charge < -0.3 is 0 Å². The highest BCUT2D eigenvalue weighted by Gasteiger charge is 2.50. The molecule has 254 valence electrons. The first-order valence-electron chi connectivity index (χ1n) is 18.7. The van der Waals surface area contributed by atoms with E-state index in [0.717, 1.165) is 59.3 Å². The van der Waals surface area contributed by atoms with Crippen LogP contribution >= 0.6 is 0 Å². The minimum Gasteiger partial charge on any atom is -0.208 e. The number of aromatic nitrogens is 3. The molecule has 0 saturated carbocycles. The van der Waals surface area contributed by atoms with E-state index < -0.39 is 0 Å². The molecule has 0 spiro atoms. The smallest absolute Gasteiger partial charge is 0.164 e. The van der Waals surface area contributed by atoms with E-state index in [1.54, 1.807) is 0 Å². The van der Waals surface area contributed by atoms with E-state index in [2.05, 4.69) is 161 Å². The van der Waals surface area contributed by atoms with Gasteiger partial charge >= 0.3 is 0 Å². The Balaban J connectivity index is 1.40. The van der Waals surface area contributed by atoms with E-state index in [4.69, 9.17) is 15.0 Å². The Labute approximate surface area is 307 Å². The number of hydrogen-bond donors (Lipinski definition) is 0. The largest absolute Gasteiger partial charge is 0.208 e. The van der Waals surface area contributed by atoms with Crippen molar-refractivity contribution in [3.63, 3.8) is 0 Å². The lowest BCUT2D eigenvalue weighted by Crippen LogP contribution is -2.37. The van der Waals surface area contributed by atoms with Gasteiger partial charge in [-0.2, -0.15) is 0 Å². The van der Waals surface area contributed by atoms with Crippen LogP contribution in [-0.2, 0) is 18.3 Å². The lowest BCUT2D eigenvalue weighted by molar-refractivity contribution is 0.255. The molecule has 1 unspecified atom stereocenters. The van der Waals surface area contributed by atoms with Crippen molar-refractivity contribution in [3.05, 3.63) is 162 Å². The number of nitrogens with zero attached hydrogens (tertiary/aromatic N) is 3. The van der Waals surface area contributed by atoms with Gasteiger partial charge in [-0.15, -0.1) is 0 Å².